The van der Waals surface area contributed by atoms with Gasteiger partial charge in [0.1, 0.15) is 11.5 Å². The smallest absolute Gasteiger partial charge is 0.257 e. The van der Waals surface area contributed by atoms with Crippen molar-refractivity contribution < 1.29 is 45.4 Å². The molecule has 0 aromatic heterocycles. The van der Waals surface area contributed by atoms with E-state index in [0.717, 1.165) is 0 Å². The van der Waals surface area contributed by atoms with Crippen molar-refractivity contribution in [3.8, 4) is 11.5 Å². The Morgan fingerprint density at radius 1 is 0.667 bits per heavy atom. The summed E-state index contributed by atoms with van der Waals surface area (Å²) in [4.78, 5) is 25.0. The van der Waals surface area contributed by atoms with Crippen LogP contribution in [0.1, 0.15) is 13.8 Å². The van der Waals surface area contributed by atoms with Gasteiger partial charge in [-0.3, -0.25) is 9.59 Å². The minimum Gasteiger partial charge on any atom is -0.484 e. The molecule has 0 unspecified atom stereocenters. The molecule has 45 heavy (non-hydrogen) atoms. The van der Waals surface area contributed by atoms with Crippen LogP contribution in [-0.2, 0) is 39.1 Å². The van der Waals surface area contributed by atoms with Gasteiger partial charge in [-0.2, -0.15) is 8.61 Å². The maximum absolute atomic E-state index is 12.7. The summed E-state index contributed by atoms with van der Waals surface area (Å²) in [6, 6.07) is 11.8. The van der Waals surface area contributed by atoms with E-state index in [1.54, 1.807) is 0 Å². The first-order chi connectivity index (χ1) is 21.4. The fourth-order valence-electron chi connectivity index (χ4n) is 4.43. The van der Waals surface area contributed by atoms with Gasteiger partial charge in [0.25, 0.3) is 11.8 Å². The van der Waals surface area contributed by atoms with Gasteiger partial charge in [0, 0.05) is 39.3 Å². The lowest BCUT2D eigenvalue weighted by atomic mass is 9.93. The van der Waals surface area contributed by atoms with E-state index in [0.29, 0.717) is 64.1 Å². The molecular weight excluding hydrogens is 628 g/mol. The summed E-state index contributed by atoms with van der Waals surface area (Å²) in [7, 11) is -7.24. The number of morpholine rings is 2. The average molecular weight is 669 g/mol. The Morgan fingerprint density at radius 2 is 1.00 bits per heavy atom. The second-order valence-corrected chi connectivity index (χ2v) is 15.1. The Kier molecular flexibility index (Phi) is 11.8. The number of hydrogen-bond acceptors (Lipinski definition) is 10. The van der Waals surface area contributed by atoms with Crippen molar-refractivity contribution in [2.24, 2.45) is 5.41 Å². The van der Waals surface area contributed by atoms with Crippen LogP contribution in [0, 0.1) is 5.41 Å². The highest BCUT2D eigenvalue weighted by molar-refractivity contribution is 7.89. The highest BCUT2D eigenvalue weighted by Crippen LogP contribution is 2.22. The van der Waals surface area contributed by atoms with Crippen molar-refractivity contribution in [3.05, 3.63) is 48.5 Å². The van der Waals surface area contributed by atoms with Gasteiger partial charge in [-0.15, -0.1) is 0 Å². The topological polar surface area (TPSA) is 170 Å². The Labute approximate surface area is 264 Å². The van der Waals surface area contributed by atoms with Crippen molar-refractivity contribution in [3.63, 3.8) is 0 Å². The van der Waals surface area contributed by atoms with E-state index in [4.69, 9.17) is 18.9 Å². The molecule has 16 heteroatoms. The number of rotatable bonds is 14. The monoisotopic (exact) mass is 668 g/mol. The van der Waals surface area contributed by atoms with Gasteiger partial charge in [-0.25, -0.2) is 16.8 Å². The van der Waals surface area contributed by atoms with Gasteiger partial charge in [0.15, 0.2) is 13.2 Å². The lowest BCUT2D eigenvalue weighted by Crippen LogP contribution is -2.44. The number of nitrogens with one attached hydrogen (secondary N) is 2. The van der Waals surface area contributed by atoms with Gasteiger partial charge in [-0.05, 0) is 53.9 Å². The molecule has 2 aromatic rings. The zero-order valence-corrected chi connectivity index (χ0v) is 27.0. The molecule has 2 saturated heterocycles. The van der Waals surface area contributed by atoms with Crippen LogP contribution in [0.2, 0.25) is 0 Å². The Hall–Kier alpha value is -3.28. The fraction of sp³-hybridized carbons (Fsp3) is 0.517. The Morgan fingerprint density at radius 3 is 1.33 bits per heavy atom. The number of carbonyl (C=O) groups is 2. The van der Waals surface area contributed by atoms with Crippen molar-refractivity contribution in [1.29, 1.82) is 0 Å². The molecule has 0 spiro atoms. The molecule has 0 radical (unpaired) electrons. The maximum atomic E-state index is 12.7. The number of carbonyl (C=O) groups excluding carboxylic acids is 2. The quantitative estimate of drug-likeness (QED) is 0.288. The molecule has 2 aliphatic heterocycles. The first-order valence-electron chi connectivity index (χ1n) is 14.5. The molecule has 2 aliphatic rings. The highest BCUT2D eigenvalue weighted by Gasteiger charge is 2.27. The average Bonchev–Trinajstić information content (AvgIpc) is 3.06. The number of nitrogens with zero attached hydrogens (tertiary/aromatic N) is 2. The summed E-state index contributed by atoms with van der Waals surface area (Å²) in [5.74, 6) is -0.0411. The van der Waals surface area contributed by atoms with E-state index in [1.165, 1.54) is 57.1 Å². The van der Waals surface area contributed by atoms with Crippen LogP contribution in [0.15, 0.2) is 58.3 Å². The van der Waals surface area contributed by atoms with E-state index < -0.39 is 25.5 Å². The van der Waals surface area contributed by atoms with E-state index in [9.17, 15) is 26.4 Å². The molecule has 248 valence electrons. The number of amides is 2. The molecule has 0 atom stereocenters. The molecule has 2 aromatic carbocycles. The van der Waals surface area contributed by atoms with E-state index in [2.05, 4.69) is 10.6 Å². The molecule has 0 bridgehead atoms. The molecule has 0 aliphatic carbocycles. The van der Waals surface area contributed by atoms with Crippen LogP contribution in [0.3, 0.4) is 0 Å². The number of sulfonamides is 2. The molecule has 0 saturated carbocycles. The van der Waals surface area contributed by atoms with Crippen molar-refractivity contribution in [2.75, 3.05) is 78.9 Å². The van der Waals surface area contributed by atoms with E-state index in [-0.39, 0.29) is 47.9 Å². The second-order valence-electron chi connectivity index (χ2n) is 11.3. The van der Waals surface area contributed by atoms with Crippen molar-refractivity contribution >= 4 is 31.9 Å². The standard InChI is InChI=1S/C29H40N4O10S2/c1-29(2,21-30-27(34)19-42-23-3-7-25(8-4-23)44(36,37)32-11-15-40-16-12-32)22-31-28(35)20-43-24-5-9-26(10-6-24)45(38,39)33-13-17-41-18-14-33/h3-10H,11-22H2,1-2H3,(H,30,34)(H,31,35). The fourth-order valence-corrected chi connectivity index (χ4v) is 7.24. The van der Waals surface area contributed by atoms with Crippen molar-refractivity contribution in [2.45, 2.75) is 23.6 Å². The van der Waals surface area contributed by atoms with Crippen LogP contribution < -0.4 is 20.1 Å². The predicted octanol–water partition coefficient (Wildman–Crippen LogP) is 0.445. The summed E-state index contributed by atoms with van der Waals surface area (Å²) in [6.45, 7) is 6.36. The zero-order chi connectivity index (χ0) is 32.5. The lowest BCUT2D eigenvalue weighted by Gasteiger charge is -2.26. The summed E-state index contributed by atoms with van der Waals surface area (Å²) in [6.07, 6.45) is 0. The molecule has 4 rings (SSSR count). The highest BCUT2D eigenvalue weighted by atomic mass is 32.2. The maximum Gasteiger partial charge on any atom is 0.257 e. The SMILES string of the molecule is CC(C)(CNC(=O)COc1ccc(S(=O)(=O)N2CCOCC2)cc1)CNC(=O)COc1ccc(S(=O)(=O)N2CCOCC2)cc1. The largest absolute Gasteiger partial charge is 0.484 e. The minimum atomic E-state index is -3.62. The van der Waals surface area contributed by atoms with Crippen LogP contribution >= 0.6 is 0 Å². The summed E-state index contributed by atoms with van der Waals surface area (Å²) < 4.78 is 75.1. The van der Waals surface area contributed by atoms with Crippen LogP contribution in [-0.4, -0.2) is 116 Å². The van der Waals surface area contributed by atoms with Gasteiger partial charge in [-0.1, -0.05) is 13.8 Å². The molecular formula is C29H40N4O10S2. The summed E-state index contributed by atoms with van der Waals surface area (Å²) in [5, 5.41) is 5.55. The number of ether oxygens (including phenoxy) is 4. The first kappa shape index (κ1) is 34.6. The number of hydrogen-bond donors (Lipinski definition) is 2. The Balaban J connectivity index is 1.14. The second kappa shape index (κ2) is 15.3. The third-order valence-corrected chi connectivity index (χ3v) is 11.0. The molecule has 2 N–H and O–H groups in total. The van der Waals surface area contributed by atoms with Gasteiger partial charge in [0.2, 0.25) is 20.0 Å². The van der Waals surface area contributed by atoms with Crippen LogP contribution in [0.25, 0.3) is 0 Å². The predicted molar refractivity (Wildman–Crippen MR) is 163 cm³/mol. The molecule has 2 fully saturated rings. The van der Waals surface area contributed by atoms with Crippen LogP contribution in [0.4, 0.5) is 0 Å². The summed E-state index contributed by atoms with van der Waals surface area (Å²) in [5.41, 5.74) is -0.490. The van der Waals surface area contributed by atoms with Gasteiger partial charge >= 0.3 is 0 Å². The normalized spacial score (nSPS) is 16.9. The Bertz CT molecular complexity index is 1390. The van der Waals surface area contributed by atoms with E-state index in [1.807, 2.05) is 13.8 Å². The summed E-state index contributed by atoms with van der Waals surface area (Å²) >= 11 is 0. The minimum absolute atomic E-state index is 0.142. The van der Waals surface area contributed by atoms with Gasteiger partial charge < -0.3 is 29.6 Å². The van der Waals surface area contributed by atoms with E-state index >= 15 is 0 Å². The molecule has 2 amide bonds. The van der Waals surface area contributed by atoms with Crippen LogP contribution in [0.5, 0.6) is 11.5 Å². The third kappa shape index (κ3) is 9.85. The van der Waals surface area contributed by atoms with Gasteiger partial charge in [0.05, 0.1) is 36.2 Å². The molecule has 2 heterocycles. The number of benzene rings is 2. The zero-order valence-electron chi connectivity index (χ0n) is 25.4. The molecule has 14 nitrogen and oxygen atoms in total. The van der Waals surface area contributed by atoms with Crippen molar-refractivity contribution in [1.82, 2.24) is 19.2 Å². The first-order valence-corrected chi connectivity index (χ1v) is 17.4. The lowest BCUT2D eigenvalue weighted by molar-refractivity contribution is -0.123. The third-order valence-electron chi connectivity index (χ3n) is 7.13.